The zero-order chi connectivity index (χ0) is 19.4. The Morgan fingerprint density at radius 3 is 2.56 bits per heavy atom. The van der Waals surface area contributed by atoms with E-state index in [1.165, 1.54) is 53.3 Å². The molecule has 0 N–H and O–H groups in total. The minimum Gasteiger partial charge on any atom is -0.545 e. The van der Waals surface area contributed by atoms with E-state index in [2.05, 4.69) is 4.99 Å². The van der Waals surface area contributed by atoms with Crippen LogP contribution in [-0.2, 0) is 11.3 Å². The van der Waals surface area contributed by atoms with Crippen molar-refractivity contribution in [2.75, 3.05) is 7.11 Å². The molecular weight excluding hydrogens is 388 g/mol. The van der Waals surface area contributed by atoms with E-state index in [-0.39, 0.29) is 16.0 Å². The van der Waals surface area contributed by atoms with Crippen molar-refractivity contribution in [3.8, 4) is 0 Å². The monoisotopic (exact) mass is 401 g/mol. The van der Waals surface area contributed by atoms with Gasteiger partial charge in [0, 0.05) is 10.9 Å². The fourth-order valence-electron chi connectivity index (χ4n) is 2.24. The minimum absolute atomic E-state index is 0.0249. The molecule has 0 atom stereocenters. The minimum atomic E-state index is -1.29. The summed E-state index contributed by atoms with van der Waals surface area (Å²) in [5.74, 6) is -1.91. The van der Waals surface area contributed by atoms with Crippen LogP contribution in [0.15, 0.2) is 57.6 Å². The van der Waals surface area contributed by atoms with Crippen LogP contribution in [0.2, 0.25) is 0 Å². The predicted octanol–water partition coefficient (Wildman–Crippen LogP) is 1.40. The number of hydrogen-bond donors (Lipinski definition) is 0. The highest BCUT2D eigenvalue weighted by atomic mass is 32.1. The molecule has 27 heavy (non-hydrogen) atoms. The summed E-state index contributed by atoms with van der Waals surface area (Å²) in [6.07, 6.45) is 0. The highest BCUT2D eigenvalue weighted by Gasteiger charge is 2.12. The number of methoxy groups -OCH3 is 1. The van der Waals surface area contributed by atoms with E-state index in [0.717, 1.165) is 16.2 Å². The molecule has 1 aromatic carbocycles. The van der Waals surface area contributed by atoms with Gasteiger partial charge in [0.2, 0.25) is 0 Å². The summed E-state index contributed by atoms with van der Waals surface area (Å²) < 4.78 is 6.15. The van der Waals surface area contributed by atoms with E-state index in [9.17, 15) is 19.5 Å². The maximum absolute atomic E-state index is 12.6. The molecule has 0 saturated carbocycles. The Labute approximate surface area is 161 Å². The quantitative estimate of drug-likeness (QED) is 0.602. The molecule has 0 bridgehead atoms. The van der Waals surface area contributed by atoms with Gasteiger partial charge >= 0.3 is 5.97 Å². The molecule has 3 rings (SSSR count). The maximum atomic E-state index is 12.6. The second-order valence-corrected chi connectivity index (χ2v) is 7.38. The standard InChI is InChI=1S/C18H14N2O5S2/c1-25-17(24)14-9-15(21)20(10-13-3-2-8-26-13)18(27-14)19-12-6-4-11(5-7-12)16(22)23/h2-9H,10H2,1H3,(H,22,23)/p-1. The van der Waals surface area contributed by atoms with Crippen LogP contribution in [0.5, 0.6) is 0 Å². The highest BCUT2D eigenvalue weighted by molar-refractivity contribution is 7.11. The molecule has 0 fully saturated rings. The van der Waals surface area contributed by atoms with Crippen LogP contribution in [0, 0.1) is 0 Å². The van der Waals surface area contributed by atoms with Gasteiger partial charge in [-0.25, -0.2) is 9.79 Å². The Morgan fingerprint density at radius 1 is 1.22 bits per heavy atom. The van der Waals surface area contributed by atoms with Gasteiger partial charge in [0.1, 0.15) is 4.88 Å². The number of aromatic nitrogens is 1. The number of thiophene rings is 1. The fourth-order valence-corrected chi connectivity index (χ4v) is 3.87. The van der Waals surface area contributed by atoms with Gasteiger partial charge in [-0.15, -0.1) is 11.3 Å². The Kier molecular flexibility index (Phi) is 5.63. The fraction of sp³-hybridized carbons (Fsp3) is 0.111. The summed E-state index contributed by atoms with van der Waals surface area (Å²) >= 11 is 2.52. The van der Waals surface area contributed by atoms with Crippen molar-refractivity contribution in [3.05, 3.63) is 78.3 Å². The smallest absolute Gasteiger partial charge is 0.348 e. The maximum Gasteiger partial charge on any atom is 0.348 e. The zero-order valence-corrected chi connectivity index (χ0v) is 15.7. The molecule has 2 heterocycles. The highest BCUT2D eigenvalue weighted by Crippen LogP contribution is 2.14. The number of aromatic carboxylic acids is 1. The van der Waals surface area contributed by atoms with Crippen LogP contribution in [0.1, 0.15) is 24.9 Å². The van der Waals surface area contributed by atoms with Gasteiger partial charge in [-0.3, -0.25) is 9.36 Å². The van der Waals surface area contributed by atoms with Crippen LogP contribution >= 0.6 is 22.7 Å². The van der Waals surface area contributed by atoms with Crippen molar-refractivity contribution in [1.29, 1.82) is 0 Å². The molecule has 138 valence electrons. The topological polar surface area (TPSA) is 101 Å². The lowest BCUT2D eigenvalue weighted by molar-refractivity contribution is -0.255. The van der Waals surface area contributed by atoms with Gasteiger partial charge in [0.15, 0.2) is 4.80 Å². The Hall–Kier alpha value is -3.04. The summed E-state index contributed by atoms with van der Waals surface area (Å²) in [5, 5.41) is 12.8. The number of carboxylic acid groups (broad SMARTS) is 1. The first-order chi connectivity index (χ1) is 13.0. The first-order valence-electron chi connectivity index (χ1n) is 7.70. The van der Waals surface area contributed by atoms with E-state index >= 15 is 0 Å². The number of benzene rings is 1. The van der Waals surface area contributed by atoms with E-state index < -0.39 is 11.9 Å². The summed E-state index contributed by atoms with van der Waals surface area (Å²) in [6, 6.07) is 10.7. The summed E-state index contributed by atoms with van der Waals surface area (Å²) in [5.41, 5.74) is 0.0853. The number of ether oxygens (including phenoxy) is 1. The summed E-state index contributed by atoms with van der Waals surface area (Å²) in [7, 11) is 1.24. The van der Waals surface area contributed by atoms with Gasteiger partial charge in [-0.2, -0.15) is 0 Å². The van der Waals surface area contributed by atoms with E-state index in [4.69, 9.17) is 4.74 Å². The first-order valence-corrected chi connectivity index (χ1v) is 9.39. The van der Waals surface area contributed by atoms with Crippen LogP contribution in [0.3, 0.4) is 0 Å². The van der Waals surface area contributed by atoms with Crippen LogP contribution in [0.25, 0.3) is 0 Å². The summed E-state index contributed by atoms with van der Waals surface area (Å²) in [4.78, 5) is 41.1. The molecule has 9 heteroatoms. The summed E-state index contributed by atoms with van der Waals surface area (Å²) in [6.45, 7) is 0.310. The molecule has 0 spiro atoms. The number of rotatable bonds is 5. The molecule has 0 amide bonds. The average Bonchev–Trinajstić information content (AvgIpc) is 3.17. The normalized spacial score (nSPS) is 11.4. The molecular formula is C18H13N2O5S2-. The lowest BCUT2D eigenvalue weighted by Crippen LogP contribution is -2.32. The third-order valence-corrected chi connectivity index (χ3v) is 5.42. The Balaban J connectivity index is 2.14. The molecule has 0 aliphatic rings. The third kappa shape index (κ3) is 4.39. The van der Waals surface area contributed by atoms with E-state index in [1.807, 2.05) is 17.5 Å². The molecule has 2 aromatic heterocycles. The van der Waals surface area contributed by atoms with Crippen molar-refractivity contribution in [1.82, 2.24) is 4.57 Å². The predicted molar refractivity (Wildman–Crippen MR) is 99.3 cm³/mol. The number of esters is 1. The molecule has 0 aliphatic heterocycles. The molecule has 0 radical (unpaired) electrons. The van der Waals surface area contributed by atoms with Gasteiger partial charge in [-0.1, -0.05) is 29.5 Å². The molecule has 0 unspecified atom stereocenters. The zero-order valence-electron chi connectivity index (χ0n) is 14.1. The Bertz CT molecular complexity index is 1100. The molecule has 0 aliphatic carbocycles. The lowest BCUT2D eigenvalue weighted by Gasteiger charge is -2.07. The second-order valence-electron chi connectivity index (χ2n) is 5.33. The van der Waals surface area contributed by atoms with Crippen molar-refractivity contribution < 1.29 is 19.4 Å². The first kappa shape index (κ1) is 18.7. The number of hydrogen-bond acceptors (Lipinski definition) is 8. The van der Waals surface area contributed by atoms with Crippen molar-refractivity contribution in [2.45, 2.75) is 6.54 Å². The average molecular weight is 401 g/mol. The van der Waals surface area contributed by atoms with Gasteiger partial charge < -0.3 is 14.6 Å². The lowest BCUT2D eigenvalue weighted by atomic mass is 10.2. The van der Waals surface area contributed by atoms with E-state index in [1.54, 1.807) is 0 Å². The third-order valence-electron chi connectivity index (χ3n) is 3.56. The largest absolute Gasteiger partial charge is 0.545 e. The Morgan fingerprint density at radius 2 is 1.96 bits per heavy atom. The van der Waals surface area contributed by atoms with Gasteiger partial charge in [-0.05, 0) is 29.1 Å². The molecule has 7 nitrogen and oxygen atoms in total. The number of nitrogens with zero attached hydrogens (tertiary/aromatic N) is 2. The van der Waals surface area contributed by atoms with Crippen molar-refractivity contribution in [2.24, 2.45) is 4.99 Å². The number of carbonyl (C=O) groups excluding carboxylic acids is 2. The van der Waals surface area contributed by atoms with Gasteiger partial charge in [0.25, 0.3) is 5.56 Å². The second kappa shape index (κ2) is 8.11. The SMILES string of the molecule is COC(=O)c1cc(=O)n(Cc2cccs2)c(=Nc2ccc(C(=O)[O-])cc2)s1. The van der Waals surface area contributed by atoms with Crippen molar-refractivity contribution in [3.63, 3.8) is 0 Å². The number of carbonyl (C=O) groups is 2. The van der Waals surface area contributed by atoms with Crippen LogP contribution < -0.4 is 15.5 Å². The number of carboxylic acids is 1. The van der Waals surface area contributed by atoms with Gasteiger partial charge in [0.05, 0.1) is 25.3 Å². The van der Waals surface area contributed by atoms with E-state index in [0.29, 0.717) is 17.0 Å². The van der Waals surface area contributed by atoms with Crippen molar-refractivity contribution >= 4 is 40.3 Å². The van der Waals surface area contributed by atoms with Crippen LogP contribution in [-0.4, -0.2) is 23.6 Å². The molecule has 0 saturated heterocycles. The van der Waals surface area contributed by atoms with Crippen LogP contribution in [0.4, 0.5) is 5.69 Å². The molecule has 3 aromatic rings.